The third-order valence-electron chi connectivity index (χ3n) is 9.97. The number of benzene rings is 7. The van der Waals surface area contributed by atoms with Crippen LogP contribution in [-0.4, -0.2) is 9.97 Å². The molecule has 8 rings (SSSR count). The average molecular weight is 697 g/mol. The summed E-state index contributed by atoms with van der Waals surface area (Å²) in [6, 6.07) is 56.9. The maximum absolute atomic E-state index is 5.00. The molecule has 54 heavy (non-hydrogen) atoms. The Morgan fingerprint density at radius 2 is 1.04 bits per heavy atom. The normalized spacial score (nSPS) is 11.2. The van der Waals surface area contributed by atoms with Crippen LogP contribution in [0.1, 0.15) is 41.7 Å². The zero-order valence-electron chi connectivity index (χ0n) is 31.5. The maximum atomic E-state index is 5.00. The second-order valence-electron chi connectivity index (χ2n) is 13.8. The molecular formula is C52H44N2. The van der Waals surface area contributed by atoms with E-state index in [1.54, 1.807) is 0 Å². The minimum Gasteiger partial charge on any atom is -0.228 e. The number of aromatic nitrogens is 2. The van der Waals surface area contributed by atoms with Crippen LogP contribution in [0.5, 0.6) is 0 Å². The summed E-state index contributed by atoms with van der Waals surface area (Å²) in [5.74, 6) is 0.737. The van der Waals surface area contributed by atoms with Gasteiger partial charge in [0.1, 0.15) is 0 Å². The third-order valence-corrected chi connectivity index (χ3v) is 9.97. The highest BCUT2D eigenvalue weighted by Crippen LogP contribution is 2.34. The first-order valence-corrected chi connectivity index (χ1v) is 18.4. The van der Waals surface area contributed by atoms with Gasteiger partial charge in [0.2, 0.25) is 0 Å². The Balaban J connectivity index is 0.000000168. The van der Waals surface area contributed by atoms with E-state index in [1.165, 1.54) is 43.8 Å². The van der Waals surface area contributed by atoms with E-state index in [1.807, 2.05) is 25.1 Å². The van der Waals surface area contributed by atoms with Gasteiger partial charge in [0.25, 0.3) is 0 Å². The zero-order chi connectivity index (χ0) is 37.6. The second kappa shape index (κ2) is 15.9. The molecule has 0 saturated carbocycles. The van der Waals surface area contributed by atoms with Crippen LogP contribution >= 0.6 is 0 Å². The van der Waals surface area contributed by atoms with Crippen LogP contribution in [0.15, 0.2) is 183 Å². The van der Waals surface area contributed by atoms with Crippen molar-refractivity contribution in [2.75, 3.05) is 0 Å². The Bertz CT molecular complexity index is 2650. The first-order valence-electron chi connectivity index (χ1n) is 18.4. The zero-order valence-corrected chi connectivity index (χ0v) is 31.5. The SMILES string of the molecule is C=C(/C=C(\C)c1cccc2ccccc12)c1cccc2ccccc12.C=C(C)c1ccc(-c2nc(-c3ccccc3)c(C)c(-c3ccccc3C)n2)cc1. The molecule has 0 N–H and O–H groups in total. The lowest BCUT2D eigenvalue weighted by molar-refractivity contribution is 1.14. The van der Waals surface area contributed by atoms with E-state index < -0.39 is 0 Å². The van der Waals surface area contributed by atoms with Crippen LogP contribution in [0.4, 0.5) is 0 Å². The smallest absolute Gasteiger partial charge is 0.160 e. The van der Waals surface area contributed by atoms with Gasteiger partial charge >= 0.3 is 0 Å². The van der Waals surface area contributed by atoms with Crippen molar-refractivity contribution >= 4 is 38.3 Å². The molecule has 0 spiro atoms. The number of hydrogen-bond donors (Lipinski definition) is 0. The van der Waals surface area contributed by atoms with E-state index in [4.69, 9.17) is 9.97 Å². The van der Waals surface area contributed by atoms with Gasteiger partial charge in [-0.25, -0.2) is 9.97 Å². The fourth-order valence-corrected chi connectivity index (χ4v) is 7.02. The number of rotatable bonds is 7. The molecule has 0 radical (unpaired) electrons. The van der Waals surface area contributed by atoms with Crippen molar-refractivity contribution in [2.24, 2.45) is 0 Å². The Kier molecular flexibility index (Phi) is 10.6. The van der Waals surface area contributed by atoms with E-state index >= 15 is 0 Å². The molecule has 2 heteroatoms. The van der Waals surface area contributed by atoms with E-state index in [2.05, 4.69) is 186 Å². The van der Waals surface area contributed by atoms with Crippen LogP contribution in [-0.2, 0) is 0 Å². The Hall–Kier alpha value is -6.64. The van der Waals surface area contributed by atoms with Crippen LogP contribution in [0.2, 0.25) is 0 Å². The molecule has 0 saturated heterocycles. The van der Waals surface area contributed by atoms with E-state index in [9.17, 15) is 0 Å². The summed E-state index contributed by atoms with van der Waals surface area (Å²) in [4.78, 5) is 9.97. The summed E-state index contributed by atoms with van der Waals surface area (Å²) < 4.78 is 0. The third kappa shape index (κ3) is 7.60. The van der Waals surface area contributed by atoms with Gasteiger partial charge in [0, 0.05) is 22.3 Å². The summed E-state index contributed by atoms with van der Waals surface area (Å²) in [6.07, 6.45) is 2.20. The van der Waals surface area contributed by atoms with Gasteiger partial charge in [0.15, 0.2) is 5.82 Å². The molecule has 0 aliphatic carbocycles. The summed E-state index contributed by atoms with van der Waals surface area (Å²) in [5.41, 5.74) is 14.4. The minimum absolute atomic E-state index is 0.737. The monoisotopic (exact) mass is 696 g/mol. The Labute approximate surface area is 319 Å². The highest BCUT2D eigenvalue weighted by Gasteiger charge is 2.16. The molecule has 2 nitrogen and oxygen atoms in total. The highest BCUT2D eigenvalue weighted by atomic mass is 14.9. The quantitative estimate of drug-likeness (QED) is 0.155. The van der Waals surface area contributed by atoms with Gasteiger partial charge in [-0.1, -0.05) is 189 Å². The Morgan fingerprint density at radius 1 is 0.500 bits per heavy atom. The summed E-state index contributed by atoms with van der Waals surface area (Å²) >= 11 is 0. The van der Waals surface area contributed by atoms with Crippen molar-refractivity contribution in [3.05, 3.63) is 211 Å². The number of fused-ring (bicyclic) bond motifs is 2. The molecule has 0 bridgehead atoms. The summed E-state index contributed by atoms with van der Waals surface area (Å²) in [7, 11) is 0. The van der Waals surface area contributed by atoms with Crippen molar-refractivity contribution in [1.82, 2.24) is 9.97 Å². The van der Waals surface area contributed by atoms with Gasteiger partial charge < -0.3 is 0 Å². The largest absolute Gasteiger partial charge is 0.228 e. The van der Waals surface area contributed by atoms with Crippen molar-refractivity contribution < 1.29 is 0 Å². The maximum Gasteiger partial charge on any atom is 0.160 e. The van der Waals surface area contributed by atoms with E-state index in [0.29, 0.717) is 0 Å². The molecule has 0 unspecified atom stereocenters. The van der Waals surface area contributed by atoms with Gasteiger partial charge in [0.05, 0.1) is 11.4 Å². The summed E-state index contributed by atoms with van der Waals surface area (Å²) in [5, 5.41) is 5.04. The molecule has 262 valence electrons. The topological polar surface area (TPSA) is 25.8 Å². The second-order valence-corrected chi connectivity index (χ2v) is 13.8. The van der Waals surface area contributed by atoms with E-state index in [0.717, 1.165) is 56.2 Å². The van der Waals surface area contributed by atoms with Crippen molar-refractivity contribution in [3.63, 3.8) is 0 Å². The van der Waals surface area contributed by atoms with Crippen LogP contribution < -0.4 is 0 Å². The van der Waals surface area contributed by atoms with Gasteiger partial charge in [-0.2, -0.15) is 0 Å². The molecular weight excluding hydrogens is 653 g/mol. The minimum atomic E-state index is 0.737. The molecule has 1 aromatic heterocycles. The number of hydrogen-bond acceptors (Lipinski definition) is 2. The number of nitrogens with zero attached hydrogens (tertiary/aromatic N) is 2. The highest BCUT2D eigenvalue weighted by molar-refractivity contribution is 6.00. The summed E-state index contributed by atoms with van der Waals surface area (Å²) in [6.45, 7) is 16.8. The number of allylic oxidation sites excluding steroid dienone is 4. The fraction of sp³-hybridized carbons (Fsp3) is 0.0769. The van der Waals surface area contributed by atoms with Gasteiger partial charge in [-0.05, 0) is 82.6 Å². The molecule has 0 atom stereocenters. The van der Waals surface area contributed by atoms with Crippen LogP contribution in [0.25, 0.3) is 72.2 Å². The van der Waals surface area contributed by atoms with Crippen molar-refractivity contribution in [3.8, 4) is 33.9 Å². The van der Waals surface area contributed by atoms with Crippen LogP contribution in [0.3, 0.4) is 0 Å². The lowest BCUT2D eigenvalue weighted by atomic mass is 9.94. The van der Waals surface area contributed by atoms with Gasteiger partial charge in [-0.3, -0.25) is 0 Å². The fourth-order valence-electron chi connectivity index (χ4n) is 7.02. The Morgan fingerprint density at radius 3 is 1.69 bits per heavy atom. The molecule has 0 aliphatic heterocycles. The average Bonchev–Trinajstić information content (AvgIpc) is 3.21. The lowest BCUT2D eigenvalue weighted by Gasteiger charge is -2.15. The predicted octanol–water partition coefficient (Wildman–Crippen LogP) is 14.2. The standard InChI is InChI=1S/C27H24N2.C25H20/c1-18(2)21-14-16-23(17-15-21)27-28-25(22-11-6-5-7-12-22)20(4)26(29-27)24-13-9-8-10-19(24)3;1-18(22-15-7-11-20-9-3-5-13-24(20)22)17-19(2)23-16-8-12-21-10-4-6-14-25(21)23/h5-17H,1H2,2-4H3;3-17H,1H2,2H3/b;19-17+. The molecule has 0 fully saturated rings. The van der Waals surface area contributed by atoms with Crippen LogP contribution in [0, 0.1) is 13.8 Å². The predicted molar refractivity (Wildman–Crippen MR) is 233 cm³/mol. The van der Waals surface area contributed by atoms with E-state index in [-0.39, 0.29) is 0 Å². The van der Waals surface area contributed by atoms with Gasteiger partial charge in [-0.15, -0.1) is 0 Å². The van der Waals surface area contributed by atoms with Crippen molar-refractivity contribution in [2.45, 2.75) is 27.7 Å². The number of aryl methyl sites for hydroxylation is 1. The molecule has 0 amide bonds. The molecule has 0 aliphatic rings. The molecule has 1 heterocycles. The first-order chi connectivity index (χ1) is 26.3. The molecule has 7 aromatic carbocycles. The molecule has 8 aromatic rings. The van der Waals surface area contributed by atoms with Crippen molar-refractivity contribution in [1.29, 1.82) is 0 Å². The first kappa shape index (κ1) is 35.7. The lowest BCUT2D eigenvalue weighted by Crippen LogP contribution is -2.01.